The SMILES string of the molecule is O=C(c1ccccc1C(F)(F)F)N1CCN(c2cccc3c2C(=O)N(Cc2cn4ccsc4n2)C3=O)CC1. The van der Waals surface area contributed by atoms with Gasteiger partial charge in [0.2, 0.25) is 0 Å². The van der Waals surface area contributed by atoms with Crippen LogP contribution in [-0.2, 0) is 12.7 Å². The van der Waals surface area contributed by atoms with Crippen molar-refractivity contribution in [3.05, 3.63) is 88.2 Å². The molecule has 194 valence electrons. The summed E-state index contributed by atoms with van der Waals surface area (Å²) in [4.78, 5) is 49.1. The van der Waals surface area contributed by atoms with Crippen molar-refractivity contribution in [3.8, 4) is 0 Å². The Hall–Kier alpha value is -4.19. The molecule has 2 aromatic heterocycles. The maximum absolute atomic E-state index is 13.4. The van der Waals surface area contributed by atoms with Gasteiger partial charge in [0.15, 0.2) is 4.96 Å². The summed E-state index contributed by atoms with van der Waals surface area (Å²) < 4.78 is 42.1. The molecule has 0 bridgehead atoms. The summed E-state index contributed by atoms with van der Waals surface area (Å²) in [6.07, 6.45) is -1.00. The molecule has 0 radical (unpaired) electrons. The number of amides is 3. The third-order valence-corrected chi connectivity index (χ3v) is 7.58. The Labute approximate surface area is 218 Å². The van der Waals surface area contributed by atoms with E-state index in [9.17, 15) is 27.6 Å². The molecule has 4 heterocycles. The molecule has 2 aliphatic heterocycles. The molecule has 0 N–H and O–H groups in total. The molecule has 8 nitrogen and oxygen atoms in total. The zero-order valence-corrected chi connectivity index (χ0v) is 20.6. The molecule has 6 rings (SSSR count). The Morgan fingerprint density at radius 2 is 1.74 bits per heavy atom. The maximum Gasteiger partial charge on any atom is 0.417 e. The van der Waals surface area contributed by atoms with Crippen LogP contribution in [0.15, 0.2) is 60.2 Å². The highest BCUT2D eigenvalue weighted by atomic mass is 32.1. The predicted molar refractivity (Wildman–Crippen MR) is 133 cm³/mol. The zero-order chi connectivity index (χ0) is 26.6. The van der Waals surface area contributed by atoms with Crippen LogP contribution in [0.25, 0.3) is 4.96 Å². The Morgan fingerprint density at radius 3 is 2.47 bits per heavy atom. The van der Waals surface area contributed by atoms with Gasteiger partial charge in [0, 0.05) is 44.0 Å². The zero-order valence-electron chi connectivity index (χ0n) is 19.8. The highest BCUT2D eigenvalue weighted by Gasteiger charge is 2.40. The van der Waals surface area contributed by atoms with Crippen LogP contribution in [0.3, 0.4) is 0 Å². The Bertz CT molecular complexity index is 1560. The van der Waals surface area contributed by atoms with Gasteiger partial charge >= 0.3 is 6.18 Å². The highest BCUT2D eigenvalue weighted by Crippen LogP contribution is 2.35. The van der Waals surface area contributed by atoms with E-state index in [1.54, 1.807) is 24.4 Å². The van der Waals surface area contributed by atoms with Gasteiger partial charge in [-0.05, 0) is 24.3 Å². The Balaban J connectivity index is 1.20. The summed E-state index contributed by atoms with van der Waals surface area (Å²) in [6.45, 7) is 0.989. The van der Waals surface area contributed by atoms with E-state index >= 15 is 0 Å². The molecule has 1 fully saturated rings. The summed E-state index contributed by atoms with van der Waals surface area (Å²) in [5.41, 5.74) is 0.405. The summed E-state index contributed by atoms with van der Waals surface area (Å²) >= 11 is 1.45. The minimum atomic E-state index is -4.64. The number of hydrogen-bond donors (Lipinski definition) is 0. The first-order valence-electron chi connectivity index (χ1n) is 11.8. The second kappa shape index (κ2) is 8.98. The molecule has 4 aromatic rings. The number of carbonyl (C=O) groups excluding carboxylic acids is 3. The summed E-state index contributed by atoms with van der Waals surface area (Å²) in [5, 5.41) is 1.89. The van der Waals surface area contributed by atoms with Gasteiger partial charge in [-0.15, -0.1) is 11.3 Å². The van der Waals surface area contributed by atoms with Crippen molar-refractivity contribution < 1.29 is 27.6 Å². The minimum absolute atomic E-state index is 0.0427. The van der Waals surface area contributed by atoms with Crippen LogP contribution in [0.2, 0.25) is 0 Å². The molecule has 3 amide bonds. The van der Waals surface area contributed by atoms with E-state index in [1.165, 1.54) is 39.3 Å². The average Bonchev–Trinajstić information content (AvgIpc) is 3.58. The lowest BCUT2D eigenvalue weighted by molar-refractivity contribution is -0.138. The molecule has 0 spiro atoms. The number of nitrogens with zero attached hydrogens (tertiary/aromatic N) is 5. The van der Waals surface area contributed by atoms with Crippen LogP contribution in [0.5, 0.6) is 0 Å². The normalized spacial score (nSPS) is 16.0. The van der Waals surface area contributed by atoms with Crippen molar-refractivity contribution in [2.24, 2.45) is 0 Å². The van der Waals surface area contributed by atoms with Crippen LogP contribution >= 0.6 is 11.3 Å². The molecule has 38 heavy (non-hydrogen) atoms. The molecule has 0 saturated carbocycles. The smallest absolute Gasteiger partial charge is 0.367 e. The van der Waals surface area contributed by atoms with Crippen molar-refractivity contribution in [3.63, 3.8) is 0 Å². The van der Waals surface area contributed by atoms with E-state index in [2.05, 4.69) is 4.98 Å². The molecular formula is C26H20F3N5O3S. The van der Waals surface area contributed by atoms with E-state index in [0.717, 1.165) is 11.0 Å². The van der Waals surface area contributed by atoms with Gasteiger partial charge in [-0.3, -0.25) is 23.7 Å². The number of alkyl halides is 3. The standard InChI is InChI=1S/C26H20F3N5O3S/c27-26(28,29)19-6-2-1-4-17(19)22(35)32-10-8-31(9-11-32)20-7-3-5-18-21(20)24(37)34(23(18)36)15-16-14-33-12-13-38-25(33)30-16/h1-7,12-14H,8-11,15H2. The number of thiazole rings is 1. The number of hydrogen-bond acceptors (Lipinski definition) is 6. The third kappa shape index (κ3) is 4.01. The summed E-state index contributed by atoms with van der Waals surface area (Å²) in [6, 6.07) is 9.81. The van der Waals surface area contributed by atoms with Crippen molar-refractivity contribution in [2.45, 2.75) is 12.7 Å². The Morgan fingerprint density at radius 1 is 0.974 bits per heavy atom. The average molecular weight is 540 g/mol. The number of anilines is 1. The highest BCUT2D eigenvalue weighted by molar-refractivity contribution is 7.15. The van der Waals surface area contributed by atoms with Crippen molar-refractivity contribution in [1.82, 2.24) is 19.2 Å². The van der Waals surface area contributed by atoms with E-state index in [1.807, 2.05) is 20.9 Å². The third-order valence-electron chi connectivity index (χ3n) is 6.81. The van der Waals surface area contributed by atoms with Gasteiger partial charge in [0.05, 0.1) is 40.2 Å². The largest absolute Gasteiger partial charge is 0.417 e. The van der Waals surface area contributed by atoms with Crippen LogP contribution in [0, 0.1) is 0 Å². The molecule has 12 heteroatoms. The molecule has 1 saturated heterocycles. The fraction of sp³-hybridized carbons (Fsp3) is 0.231. The quantitative estimate of drug-likeness (QED) is 0.364. The number of aromatic nitrogens is 2. The summed E-state index contributed by atoms with van der Waals surface area (Å²) in [5.74, 6) is -1.51. The van der Waals surface area contributed by atoms with Crippen molar-refractivity contribution in [2.75, 3.05) is 31.1 Å². The molecule has 2 aromatic carbocycles. The van der Waals surface area contributed by atoms with Crippen LogP contribution in [0.4, 0.5) is 18.9 Å². The van der Waals surface area contributed by atoms with Crippen LogP contribution < -0.4 is 4.90 Å². The fourth-order valence-corrected chi connectivity index (χ4v) is 5.69. The number of piperazine rings is 1. The monoisotopic (exact) mass is 539 g/mol. The number of imide groups is 1. The van der Waals surface area contributed by atoms with E-state index in [4.69, 9.17) is 0 Å². The fourth-order valence-electron chi connectivity index (χ4n) is 4.97. The lowest BCUT2D eigenvalue weighted by Crippen LogP contribution is -2.49. The van der Waals surface area contributed by atoms with Gasteiger partial charge in [-0.1, -0.05) is 18.2 Å². The van der Waals surface area contributed by atoms with Crippen LogP contribution in [0.1, 0.15) is 42.3 Å². The topological polar surface area (TPSA) is 78.2 Å². The van der Waals surface area contributed by atoms with Gasteiger partial charge in [-0.25, -0.2) is 4.98 Å². The molecule has 0 aliphatic carbocycles. The van der Waals surface area contributed by atoms with Crippen molar-refractivity contribution >= 4 is 39.7 Å². The minimum Gasteiger partial charge on any atom is -0.367 e. The van der Waals surface area contributed by atoms with Crippen LogP contribution in [-0.4, -0.2) is 63.1 Å². The first-order chi connectivity index (χ1) is 18.2. The molecule has 2 aliphatic rings. The maximum atomic E-state index is 13.4. The lowest BCUT2D eigenvalue weighted by Gasteiger charge is -2.37. The van der Waals surface area contributed by atoms with Gasteiger partial charge < -0.3 is 9.80 Å². The number of imidazole rings is 1. The molecule has 0 unspecified atom stereocenters. The number of carbonyl (C=O) groups is 3. The molecule has 0 atom stereocenters. The Kier molecular flexibility index (Phi) is 5.71. The van der Waals surface area contributed by atoms with E-state index < -0.39 is 29.5 Å². The molecular weight excluding hydrogens is 519 g/mol. The number of rotatable bonds is 4. The number of halogens is 3. The van der Waals surface area contributed by atoms with Gasteiger partial charge in [0.1, 0.15) is 0 Å². The second-order valence-corrected chi connectivity index (χ2v) is 9.92. The second-order valence-electron chi connectivity index (χ2n) is 9.04. The predicted octanol–water partition coefficient (Wildman–Crippen LogP) is 4.17. The van der Waals surface area contributed by atoms with Crippen molar-refractivity contribution in [1.29, 1.82) is 0 Å². The van der Waals surface area contributed by atoms with E-state index in [0.29, 0.717) is 35.6 Å². The van der Waals surface area contributed by atoms with E-state index in [-0.39, 0.29) is 25.2 Å². The van der Waals surface area contributed by atoms with Gasteiger partial charge in [0.25, 0.3) is 17.7 Å². The first kappa shape index (κ1) is 24.2. The number of benzene rings is 2. The number of fused-ring (bicyclic) bond motifs is 2. The lowest BCUT2D eigenvalue weighted by atomic mass is 10.0. The van der Waals surface area contributed by atoms with Gasteiger partial charge in [-0.2, -0.15) is 13.2 Å². The summed E-state index contributed by atoms with van der Waals surface area (Å²) in [7, 11) is 0. The first-order valence-corrected chi connectivity index (χ1v) is 12.7.